The lowest BCUT2D eigenvalue weighted by molar-refractivity contribution is -0.141. The predicted octanol–water partition coefficient (Wildman–Crippen LogP) is 3.53. The summed E-state index contributed by atoms with van der Waals surface area (Å²) in [5, 5.41) is 6.64. The van der Waals surface area contributed by atoms with Gasteiger partial charge in [-0.15, -0.1) is 11.3 Å². The number of aromatic nitrogens is 1. The summed E-state index contributed by atoms with van der Waals surface area (Å²) in [5.74, 6) is -0.132. The van der Waals surface area contributed by atoms with Crippen molar-refractivity contribution >= 4 is 62.7 Å². The Morgan fingerprint density at radius 1 is 1.07 bits per heavy atom. The number of hydrazone groups is 1. The molecule has 0 N–H and O–H groups in total. The van der Waals surface area contributed by atoms with Gasteiger partial charge in [0.25, 0.3) is 11.5 Å². The lowest BCUT2D eigenvalue weighted by atomic mass is 10.1. The number of fused-ring (bicyclic) bond motifs is 1. The first kappa shape index (κ1) is 27.7. The molecular weight excluding hydrogens is 548 g/mol. The summed E-state index contributed by atoms with van der Waals surface area (Å²) in [6.45, 7) is 4.44. The Balaban J connectivity index is 1.74. The van der Waals surface area contributed by atoms with Crippen molar-refractivity contribution in [2.24, 2.45) is 5.10 Å². The molecule has 1 aromatic heterocycles. The molecule has 2 aromatic carbocycles. The smallest absolute Gasteiger partial charge is 0.311 e. The van der Waals surface area contributed by atoms with Crippen molar-refractivity contribution in [3.05, 3.63) is 68.1 Å². The standard InChI is InChI=1S/C29H30N4O5S2/c1-5-7-15-32-27(36)25(29-31(3)21-16-19(37-4)13-14-22(21)39-29)40-28(32)24-20(17-23(34)38-6-2)30-33(26(24)35)18-11-9-8-10-12-18/h8-14,16H,5-7,15,17H2,1-4H3/b28-24+,29-25-. The van der Waals surface area contributed by atoms with Gasteiger partial charge in [0, 0.05) is 24.6 Å². The number of nitrogens with zero attached hydrogens (tertiary/aromatic N) is 4. The average Bonchev–Trinajstić information content (AvgIpc) is 3.57. The molecule has 0 aliphatic carbocycles. The topological polar surface area (TPSA) is 93.4 Å². The fourth-order valence-electron chi connectivity index (χ4n) is 4.58. The van der Waals surface area contributed by atoms with Crippen LogP contribution in [-0.2, 0) is 20.9 Å². The Morgan fingerprint density at radius 2 is 1.85 bits per heavy atom. The molecule has 0 fully saturated rings. The molecule has 0 saturated heterocycles. The Bertz CT molecular complexity index is 1680. The number of hydrogen-bond acceptors (Lipinski definition) is 9. The normalized spacial score (nSPS) is 17.3. The van der Waals surface area contributed by atoms with E-state index in [1.807, 2.05) is 48.3 Å². The maximum atomic E-state index is 14.0. The number of thioether (sulfide) groups is 1. The minimum atomic E-state index is -0.481. The molecule has 0 unspecified atom stereocenters. The van der Waals surface area contributed by atoms with E-state index in [9.17, 15) is 14.4 Å². The van der Waals surface area contributed by atoms with Gasteiger partial charge in [0.2, 0.25) is 0 Å². The number of para-hydroxylation sites is 1. The van der Waals surface area contributed by atoms with E-state index < -0.39 is 5.97 Å². The highest BCUT2D eigenvalue weighted by molar-refractivity contribution is 8.08. The maximum Gasteiger partial charge on any atom is 0.311 e. The first-order chi connectivity index (χ1) is 19.4. The van der Waals surface area contributed by atoms with Gasteiger partial charge >= 0.3 is 5.97 Å². The zero-order chi connectivity index (χ0) is 28.4. The number of amides is 1. The van der Waals surface area contributed by atoms with E-state index in [1.165, 1.54) is 28.1 Å². The number of thiazole rings is 1. The van der Waals surface area contributed by atoms with Crippen LogP contribution in [0.1, 0.15) is 33.1 Å². The van der Waals surface area contributed by atoms with Crippen LogP contribution < -0.4 is 29.4 Å². The van der Waals surface area contributed by atoms with Gasteiger partial charge in [-0.05, 0) is 37.6 Å². The third kappa shape index (κ3) is 5.06. The van der Waals surface area contributed by atoms with E-state index in [2.05, 4.69) is 12.0 Å². The van der Waals surface area contributed by atoms with Crippen LogP contribution >= 0.6 is 23.1 Å². The van der Waals surface area contributed by atoms with Crippen molar-refractivity contribution in [1.82, 2.24) is 4.57 Å². The zero-order valence-corrected chi connectivity index (χ0v) is 24.4. The first-order valence-corrected chi connectivity index (χ1v) is 14.7. The highest BCUT2D eigenvalue weighted by Gasteiger charge is 2.35. The van der Waals surface area contributed by atoms with Crippen molar-refractivity contribution < 1.29 is 19.1 Å². The molecule has 0 atom stereocenters. The summed E-state index contributed by atoms with van der Waals surface area (Å²) >= 11 is 2.77. The summed E-state index contributed by atoms with van der Waals surface area (Å²) in [6.07, 6.45) is 1.45. The van der Waals surface area contributed by atoms with E-state index in [0.29, 0.717) is 21.4 Å². The molecule has 3 aromatic rings. The highest BCUT2D eigenvalue weighted by Crippen LogP contribution is 2.46. The van der Waals surface area contributed by atoms with Crippen molar-refractivity contribution in [2.45, 2.75) is 44.6 Å². The maximum absolute atomic E-state index is 14.0. The summed E-state index contributed by atoms with van der Waals surface area (Å²) < 4.78 is 13.3. The molecular formula is C29H30N4O5S2. The van der Waals surface area contributed by atoms with E-state index in [-0.39, 0.29) is 35.8 Å². The van der Waals surface area contributed by atoms with Crippen LogP contribution in [-0.4, -0.2) is 42.9 Å². The second kappa shape index (κ2) is 11.7. The Morgan fingerprint density at radius 3 is 2.55 bits per heavy atom. The van der Waals surface area contributed by atoms with Crippen LogP contribution in [0.3, 0.4) is 0 Å². The fraction of sp³-hybridized carbons (Fsp3) is 0.310. The molecule has 5 rings (SSSR count). The van der Waals surface area contributed by atoms with E-state index in [4.69, 9.17) is 9.47 Å². The van der Waals surface area contributed by atoms with Crippen LogP contribution in [0.4, 0.5) is 11.4 Å². The summed E-state index contributed by atoms with van der Waals surface area (Å²) in [6, 6.07) is 14.9. The Labute approximate surface area is 240 Å². The van der Waals surface area contributed by atoms with Gasteiger partial charge in [-0.25, -0.2) is 0 Å². The van der Waals surface area contributed by atoms with Crippen LogP contribution in [0.5, 0.6) is 5.75 Å². The molecule has 208 valence electrons. The van der Waals surface area contributed by atoms with E-state index in [1.54, 1.807) is 30.7 Å². The molecule has 11 heteroatoms. The molecule has 40 heavy (non-hydrogen) atoms. The van der Waals surface area contributed by atoms with Gasteiger partial charge in [0.05, 0.1) is 42.8 Å². The van der Waals surface area contributed by atoms with Gasteiger partial charge in [0.15, 0.2) is 0 Å². The highest BCUT2D eigenvalue weighted by atomic mass is 32.2. The number of carbonyl (C=O) groups is 2. The number of hydrogen-bond donors (Lipinski definition) is 0. The average molecular weight is 579 g/mol. The quantitative estimate of drug-likeness (QED) is 0.378. The van der Waals surface area contributed by atoms with Crippen LogP contribution in [0.25, 0.3) is 10.6 Å². The molecule has 0 saturated carbocycles. The van der Waals surface area contributed by atoms with Gasteiger partial charge in [-0.3, -0.25) is 19.0 Å². The largest absolute Gasteiger partial charge is 0.497 e. The van der Waals surface area contributed by atoms with E-state index >= 15 is 0 Å². The Kier molecular flexibility index (Phi) is 8.13. The summed E-state index contributed by atoms with van der Waals surface area (Å²) in [5.41, 5.74) is 1.89. The number of ether oxygens (including phenoxy) is 2. The number of carbonyl (C=O) groups excluding carboxylic acids is 2. The number of benzene rings is 2. The molecule has 0 radical (unpaired) electrons. The van der Waals surface area contributed by atoms with Crippen molar-refractivity contribution in [1.29, 1.82) is 0 Å². The van der Waals surface area contributed by atoms with Gasteiger partial charge in [-0.2, -0.15) is 10.1 Å². The number of unbranched alkanes of at least 4 members (excludes halogenated alkanes) is 1. The predicted molar refractivity (Wildman–Crippen MR) is 159 cm³/mol. The summed E-state index contributed by atoms with van der Waals surface area (Å²) in [7, 11) is 3.54. The van der Waals surface area contributed by atoms with Crippen LogP contribution in [0.15, 0.2) is 63.3 Å². The van der Waals surface area contributed by atoms with Gasteiger partial charge < -0.3 is 14.4 Å². The molecule has 9 nitrogen and oxygen atoms in total. The minimum Gasteiger partial charge on any atom is -0.497 e. The van der Waals surface area contributed by atoms with Gasteiger partial charge in [-0.1, -0.05) is 43.3 Å². The second-order valence-electron chi connectivity index (χ2n) is 9.20. The lowest BCUT2D eigenvalue weighted by Crippen LogP contribution is -2.36. The SMILES string of the molecule is CCCCn1c(=O)/c(=C2/Sc3ccc(OC)cc3N2C)s/c1=C1/C(=O)N(c2ccccc2)N=C1CC(=O)OCC. The monoisotopic (exact) mass is 578 g/mol. The zero-order valence-electron chi connectivity index (χ0n) is 22.8. The fourth-order valence-corrected chi connectivity index (χ4v) is 7.10. The van der Waals surface area contributed by atoms with Crippen molar-refractivity contribution in [3.8, 4) is 5.75 Å². The number of anilines is 2. The third-order valence-electron chi connectivity index (χ3n) is 6.60. The second-order valence-corrected chi connectivity index (χ2v) is 11.2. The lowest BCUT2D eigenvalue weighted by Gasteiger charge is -2.13. The van der Waals surface area contributed by atoms with Crippen LogP contribution in [0.2, 0.25) is 0 Å². The molecule has 0 bridgehead atoms. The number of methoxy groups -OCH3 is 1. The van der Waals surface area contributed by atoms with Crippen molar-refractivity contribution in [3.63, 3.8) is 0 Å². The molecule has 2 aliphatic heterocycles. The first-order valence-electron chi connectivity index (χ1n) is 13.1. The number of esters is 1. The molecule has 3 heterocycles. The summed E-state index contributed by atoms with van der Waals surface area (Å²) in [4.78, 5) is 43.4. The minimum absolute atomic E-state index is 0.170. The van der Waals surface area contributed by atoms with Crippen LogP contribution in [0, 0.1) is 0 Å². The Hall–Kier alpha value is -3.83. The van der Waals surface area contributed by atoms with Gasteiger partial charge in [0.1, 0.15) is 20.0 Å². The van der Waals surface area contributed by atoms with E-state index in [0.717, 1.165) is 34.2 Å². The third-order valence-corrected chi connectivity index (χ3v) is 9.15. The molecule has 2 aliphatic rings. The van der Waals surface area contributed by atoms with Crippen molar-refractivity contribution in [2.75, 3.05) is 30.7 Å². The molecule has 1 amide bonds. The number of rotatable bonds is 8. The molecule has 0 spiro atoms.